The summed E-state index contributed by atoms with van der Waals surface area (Å²) < 4.78 is 0. The van der Waals surface area contributed by atoms with Crippen molar-refractivity contribution in [2.45, 2.75) is 38.0 Å². The van der Waals surface area contributed by atoms with Gasteiger partial charge in [0.05, 0.1) is 6.54 Å². The Morgan fingerprint density at radius 1 is 1.40 bits per heavy atom. The van der Waals surface area contributed by atoms with E-state index in [-0.39, 0.29) is 29.5 Å². The van der Waals surface area contributed by atoms with E-state index in [1.165, 1.54) is 16.9 Å². The van der Waals surface area contributed by atoms with Gasteiger partial charge in [-0.05, 0) is 44.1 Å². The third-order valence-corrected chi connectivity index (χ3v) is 4.27. The highest BCUT2D eigenvalue weighted by Gasteiger charge is 2.20. The standard InChI is InChI=1S/C15H23N3S.HI/c1-15(2,3)18-14(16)17-10-13-12-7-5-4-6-11(12)8-9-19-13;/h4-7,13H,8-10H2,1-3H3,(H3,16,17,18);1H. The van der Waals surface area contributed by atoms with Gasteiger partial charge >= 0.3 is 0 Å². The summed E-state index contributed by atoms with van der Waals surface area (Å²) in [6.45, 7) is 7.00. The number of rotatable bonds is 2. The van der Waals surface area contributed by atoms with Crippen LogP contribution < -0.4 is 11.1 Å². The first kappa shape index (κ1) is 17.6. The minimum Gasteiger partial charge on any atom is -0.370 e. The number of guanidine groups is 1. The number of fused-ring (bicyclic) bond motifs is 1. The average Bonchev–Trinajstić information content (AvgIpc) is 2.34. The maximum Gasteiger partial charge on any atom is 0.189 e. The Morgan fingerprint density at radius 3 is 2.80 bits per heavy atom. The fourth-order valence-electron chi connectivity index (χ4n) is 2.23. The van der Waals surface area contributed by atoms with Crippen molar-refractivity contribution in [3.05, 3.63) is 35.4 Å². The Bertz CT molecular complexity index is 468. The fourth-order valence-corrected chi connectivity index (χ4v) is 3.44. The monoisotopic (exact) mass is 405 g/mol. The molecule has 1 atom stereocenters. The van der Waals surface area contributed by atoms with Crippen LogP contribution in [0.1, 0.15) is 37.1 Å². The molecule has 1 aliphatic rings. The number of nitrogens with two attached hydrogens (primary N) is 1. The van der Waals surface area contributed by atoms with Gasteiger partial charge in [0, 0.05) is 10.8 Å². The zero-order valence-electron chi connectivity index (χ0n) is 12.3. The molecule has 0 saturated heterocycles. The van der Waals surface area contributed by atoms with E-state index >= 15 is 0 Å². The third-order valence-electron chi connectivity index (χ3n) is 3.02. The van der Waals surface area contributed by atoms with Gasteiger partial charge in [-0.1, -0.05) is 24.3 Å². The van der Waals surface area contributed by atoms with Crippen LogP contribution in [-0.2, 0) is 6.42 Å². The first-order valence-corrected chi connectivity index (χ1v) is 7.78. The Hall–Kier alpha value is -0.430. The lowest BCUT2D eigenvalue weighted by atomic mass is 10.0. The molecule has 0 spiro atoms. The normalized spacial score (nSPS) is 18.9. The number of halogens is 1. The number of thioether (sulfide) groups is 1. The summed E-state index contributed by atoms with van der Waals surface area (Å²) in [7, 11) is 0. The average molecular weight is 405 g/mol. The molecule has 1 aromatic carbocycles. The first-order chi connectivity index (χ1) is 8.96. The van der Waals surface area contributed by atoms with Gasteiger partial charge in [0.15, 0.2) is 5.96 Å². The molecule has 2 rings (SSSR count). The topological polar surface area (TPSA) is 50.4 Å². The van der Waals surface area contributed by atoms with Gasteiger partial charge in [-0.15, -0.1) is 24.0 Å². The van der Waals surface area contributed by atoms with E-state index in [4.69, 9.17) is 5.73 Å². The van der Waals surface area contributed by atoms with Gasteiger partial charge < -0.3 is 11.1 Å². The van der Waals surface area contributed by atoms with Gasteiger partial charge in [0.1, 0.15) is 0 Å². The summed E-state index contributed by atoms with van der Waals surface area (Å²) >= 11 is 1.98. The van der Waals surface area contributed by atoms with E-state index in [9.17, 15) is 0 Å². The second kappa shape index (κ2) is 7.54. The molecule has 0 aromatic heterocycles. The Morgan fingerprint density at radius 2 is 2.10 bits per heavy atom. The van der Waals surface area contributed by atoms with E-state index in [1.54, 1.807) is 0 Å². The molecule has 0 aliphatic carbocycles. The van der Waals surface area contributed by atoms with Crippen LogP contribution in [0.2, 0.25) is 0 Å². The molecule has 0 amide bonds. The summed E-state index contributed by atoms with van der Waals surface area (Å²) in [6, 6.07) is 8.67. The van der Waals surface area contributed by atoms with Crippen molar-refractivity contribution in [2.24, 2.45) is 10.7 Å². The Labute approximate surface area is 143 Å². The van der Waals surface area contributed by atoms with Crippen molar-refractivity contribution < 1.29 is 0 Å². The van der Waals surface area contributed by atoms with Gasteiger partial charge in [-0.25, -0.2) is 0 Å². The molecule has 112 valence electrons. The second-order valence-corrected chi connectivity index (χ2v) is 7.22. The smallest absolute Gasteiger partial charge is 0.189 e. The number of aliphatic imine (C=N–C) groups is 1. The largest absolute Gasteiger partial charge is 0.370 e. The van der Waals surface area contributed by atoms with Crippen molar-refractivity contribution >= 4 is 41.7 Å². The molecule has 5 heteroatoms. The van der Waals surface area contributed by atoms with Crippen molar-refractivity contribution in [3.63, 3.8) is 0 Å². The molecular formula is C15H24IN3S. The van der Waals surface area contributed by atoms with Crippen molar-refractivity contribution in [1.29, 1.82) is 0 Å². The summed E-state index contributed by atoms with van der Waals surface area (Å²) in [5, 5.41) is 3.64. The molecule has 1 unspecified atom stereocenters. The summed E-state index contributed by atoms with van der Waals surface area (Å²) in [5.74, 6) is 1.71. The van der Waals surface area contributed by atoms with Crippen LogP contribution in [0.25, 0.3) is 0 Å². The van der Waals surface area contributed by atoms with E-state index in [0.717, 1.165) is 13.0 Å². The predicted octanol–water partition coefficient (Wildman–Crippen LogP) is 3.34. The number of aryl methyl sites for hydroxylation is 1. The van der Waals surface area contributed by atoms with Gasteiger partial charge in [-0.2, -0.15) is 11.8 Å². The van der Waals surface area contributed by atoms with Gasteiger partial charge in [-0.3, -0.25) is 4.99 Å². The van der Waals surface area contributed by atoms with Crippen LogP contribution in [-0.4, -0.2) is 23.8 Å². The maximum atomic E-state index is 5.93. The minimum absolute atomic E-state index is 0. The van der Waals surface area contributed by atoms with Crippen LogP contribution in [0.4, 0.5) is 0 Å². The summed E-state index contributed by atoms with van der Waals surface area (Å²) in [6.07, 6.45) is 1.16. The number of nitrogens with zero attached hydrogens (tertiary/aromatic N) is 1. The number of hydrogen-bond acceptors (Lipinski definition) is 2. The molecular weight excluding hydrogens is 381 g/mol. The summed E-state index contributed by atoms with van der Waals surface area (Å²) in [5.41, 5.74) is 8.77. The number of hydrogen-bond donors (Lipinski definition) is 2. The quantitative estimate of drug-likeness (QED) is 0.451. The second-order valence-electron chi connectivity index (χ2n) is 5.91. The minimum atomic E-state index is -0.0365. The molecule has 1 aromatic rings. The van der Waals surface area contributed by atoms with Crippen LogP contribution in [0.5, 0.6) is 0 Å². The van der Waals surface area contributed by atoms with E-state index in [0.29, 0.717) is 11.2 Å². The molecule has 0 saturated carbocycles. The lowest BCUT2D eigenvalue weighted by molar-refractivity contribution is 0.508. The van der Waals surface area contributed by atoms with Crippen molar-refractivity contribution in [2.75, 3.05) is 12.3 Å². The first-order valence-electron chi connectivity index (χ1n) is 6.73. The lowest BCUT2D eigenvalue weighted by Crippen LogP contribution is -2.45. The molecule has 1 heterocycles. The zero-order chi connectivity index (χ0) is 13.9. The molecule has 20 heavy (non-hydrogen) atoms. The molecule has 0 fully saturated rings. The number of nitrogens with one attached hydrogen (secondary N) is 1. The highest BCUT2D eigenvalue weighted by atomic mass is 127. The van der Waals surface area contributed by atoms with Crippen LogP contribution in [0, 0.1) is 0 Å². The van der Waals surface area contributed by atoms with Gasteiger partial charge in [0.25, 0.3) is 0 Å². The van der Waals surface area contributed by atoms with Crippen LogP contribution >= 0.6 is 35.7 Å². The molecule has 3 nitrogen and oxygen atoms in total. The fraction of sp³-hybridized carbons (Fsp3) is 0.533. The predicted molar refractivity (Wildman–Crippen MR) is 100 cm³/mol. The molecule has 1 aliphatic heterocycles. The van der Waals surface area contributed by atoms with Crippen molar-refractivity contribution in [3.8, 4) is 0 Å². The SMILES string of the molecule is CC(C)(C)NC(N)=NCC1SCCc2ccccc21.I. The Balaban J connectivity index is 0.00000200. The van der Waals surface area contributed by atoms with Crippen LogP contribution in [0.3, 0.4) is 0 Å². The molecule has 0 bridgehead atoms. The third kappa shape index (κ3) is 5.16. The van der Waals surface area contributed by atoms with E-state index in [2.05, 4.69) is 55.3 Å². The van der Waals surface area contributed by atoms with E-state index < -0.39 is 0 Å². The molecule has 3 N–H and O–H groups in total. The molecule has 0 radical (unpaired) electrons. The number of benzene rings is 1. The highest BCUT2D eigenvalue weighted by molar-refractivity contribution is 14.0. The zero-order valence-corrected chi connectivity index (χ0v) is 15.5. The van der Waals surface area contributed by atoms with E-state index in [1.807, 2.05) is 11.8 Å². The summed E-state index contributed by atoms with van der Waals surface area (Å²) in [4.78, 5) is 4.49. The maximum absolute atomic E-state index is 5.93. The highest BCUT2D eigenvalue weighted by Crippen LogP contribution is 2.36. The van der Waals surface area contributed by atoms with Gasteiger partial charge in [0.2, 0.25) is 0 Å². The Kier molecular flexibility index (Phi) is 6.64. The van der Waals surface area contributed by atoms with Crippen LogP contribution in [0.15, 0.2) is 29.3 Å². The van der Waals surface area contributed by atoms with Crippen molar-refractivity contribution in [1.82, 2.24) is 5.32 Å². The lowest BCUT2D eigenvalue weighted by Gasteiger charge is -2.25.